The van der Waals surface area contributed by atoms with Crippen molar-refractivity contribution in [3.05, 3.63) is 36.7 Å². The van der Waals surface area contributed by atoms with Crippen LogP contribution in [0.25, 0.3) is 0 Å². The van der Waals surface area contributed by atoms with E-state index in [4.69, 9.17) is 0 Å². The normalized spacial score (nSPS) is 15.2. The molecule has 0 spiro atoms. The fourth-order valence-corrected chi connectivity index (χ4v) is 2.66. The van der Waals surface area contributed by atoms with E-state index in [2.05, 4.69) is 6.58 Å². The van der Waals surface area contributed by atoms with E-state index in [0.717, 1.165) is 17.1 Å². The lowest BCUT2D eigenvalue weighted by Crippen LogP contribution is -2.30. The van der Waals surface area contributed by atoms with Gasteiger partial charge in [0, 0.05) is 11.4 Å². The van der Waals surface area contributed by atoms with Crippen LogP contribution in [0.3, 0.4) is 0 Å². The first-order chi connectivity index (χ1) is 7.72. The number of thioether (sulfide) groups is 1. The second-order valence-corrected chi connectivity index (χ2v) is 4.64. The molecule has 2 rings (SSSR count). The van der Waals surface area contributed by atoms with E-state index < -0.39 is 0 Å². The summed E-state index contributed by atoms with van der Waals surface area (Å²) in [5, 5.41) is 0. The van der Waals surface area contributed by atoms with Crippen LogP contribution < -0.4 is 4.90 Å². The van der Waals surface area contributed by atoms with Gasteiger partial charge >= 0.3 is 0 Å². The quantitative estimate of drug-likeness (QED) is 0.700. The third-order valence-electron chi connectivity index (χ3n) is 2.44. The lowest BCUT2D eigenvalue weighted by atomic mass is 10.2. The molecule has 0 N–H and O–H groups in total. The van der Waals surface area contributed by atoms with Crippen LogP contribution >= 0.6 is 11.8 Å². The lowest BCUT2D eigenvalue weighted by Gasteiger charge is -2.20. The Morgan fingerprint density at radius 3 is 3.12 bits per heavy atom. The molecular formula is C12H12FNOS. The molecule has 0 aliphatic carbocycles. The van der Waals surface area contributed by atoms with Crippen molar-refractivity contribution in [2.24, 2.45) is 0 Å². The first-order valence-corrected chi connectivity index (χ1v) is 6.07. The first kappa shape index (κ1) is 11.2. The van der Waals surface area contributed by atoms with Crippen molar-refractivity contribution >= 4 is 23.4 Å². The van der Waals surface area contributed by atoms with E-state index in [1.165, 1.54) is 18.2 Å². The summed E-state index contributed by atoms with van der Waals surface area (Å²) >= 11 is 1.66. The number of anilines is 1. The number of halogens is 1. The van der Waals surface area contributed by atoms with Gasteiger partial charge in [-0.1, -0.05) is 6.58 Å². The molecule has 0 saturated carbocycles. The third-order valence-corrected chi connectivity index (χ3v) is 3.59. The number of hydrogen-bond donors (Lipinski definition) is 0. The van der Waals surface area contributed by atoms with E-state index in [0.29, 0.717) is 12.2 Å². The molecule has 1 aliphatic heterocycles. The second-order valence-electron chi connectivity index (χ2n) is 3.51. The van der Waals surface area contributed by atoms with Crippen molar-refractivity contribution in [1.29, 1.82) is 0 Å². The number of amides is 1. The summed E-state index contributed by atoms with van der Waals surface area (Å²) in [7, 11) is 0. The topological polar surface area (TPSA) is 20.3 Å². The molecule has 0 radical (unpaired) electrons. The van der Waals surface area contributed by atoms with E-state index in [1.54, 1.807) is 22.7 Å². The number of fused-ring (bicyclic) bond motifs is 1. The maximum atomic E-state index is 13.2. The number of benzene rings is 1. The Bertz CT molecular complexity index is 433. The number of carbonyl (C=O) groups excluding carboxylic acids is 1. The molecule has 1 amide bonds. The van der Waals surface area contributed by atoms with Gasteiger partial charge in [0.05, 0.1) is 5.69 Å². The van der Waals surface area contributed by atoms with Crippen molar-refractivity contribution in [2.75, 3.05) is 17.2 Å². The zero-order valence-electron chi connectivity index (χ0n) is 8.78. The standard InChI is InChI=1S/C12H12FNOS/c1-2-12(15)14-6-3-7-16-11-5-4-9(13)8-10(11)14/h2,4-5,8H,1,3,6-7H2. The minimum atomic E-state index is -0.317. The van der Waals surface area contributed by atoms with E-state index in [-0.39, 0.29) is 11.7 Å². The van der Waals surface area contributed by atoms with Crippen molar-refractivity contribution in [2.45, 2.75) is 11.3 Å². The molecule has 0 unspecified atom stereocenters. The molecule has 1 aliphatic rings. The molecular weight excluding hydrogens is 225 g/mol. The average Bonchev–Trinajstić information content (AvgIpc) is 2.50. The Morgan fingerprint density at radius 1 is 1.56 bits per heavy atom. The van der Waals surface area contributed by atoms with Crippen LogP contribution in [0.4, 0.5) is 10.1 Å². The van der Waals surface area contributed by atoms with Crippen LogP contribution in [-0.2, 0) is 4.79 Å². The average molecular weight is 237 g/mol. The van der Waals surface area contributed by atoms with Gasteiger partial charge in [-0.25, -0.2) is 4.39 Å². The summed E-state index contributed by atoms with van der Waals surface area (Å²) in [5.41, 5.74) is 0.660. The van der Waals surface area contributed by atoms with Gasteiger partial charge in [0.2, 0.25) is 5.91 Å². The predicted octanol–water partition coefficient (Wildman–Crippen LogP) is 2.84. The molecule has 0 bridgehead atoms. The molecule has 0 atom stereocenters. The van der Waals surface area contributed by atoms with Crippen LogP contribution in [0.15, 0.2) is 35.7 Å². The number of hydrogen-bond acceptors (Lipinski definition) is 2. The number of rotatable bonds is 1. The Labute approximate surface area is 98.1 Å². The fraction of sp³-hybridized carbons (Fsp3) is 0.250. The zero-order valence-corrected chi connectivity index (χ0v) is 9.60. The van der Waals surface area contributed by atoms with E-state index in [1.807, 2.05) is 0 Å². The van der Waals surface area contributed by atoms with Crippen LogP contribution in [-0.4, -0.2) is 18.2 Å². The Morgan fingerprint density at radius 2 is 2.38 bits per heavy atom. The third kappa shape index (κ3) is 2.11. The van der Waals surface area contributed by atoms with Crippen molar-refractivity contribution in [3.63, 3.8) is 0 Å². The number of nitrogens with zero attached hydrogens (tertiary/aromatic N) is 1. The van der Waals surface area contributed by atoms with Crippen LogP contribution in [0.2, 0.25) is 0 Å². The highest BCUT2D eigenvalue weighted by Crippen LogP contribution is 2.34. The number of carbonyl (C=O) groups is 1. The van der Waals surface area contributed by atoms with Gasteiger partial charge in [0.1, 0.15) is 5.82 Å². The highest BCUT2D eigenvalue weighted by atomic mass is 32.2. The molecule has 1 heterocycles. The van der Waals surface area contributed by atoms with Crippen molar-refractivity contribution in [1.82, 2.24) is 0 Å². The second kappa shape index (κ2) is 4.70. The van der Waals surface area contributed by atoms with Crippen LogP contribution in [0, 0.1) is 5.82 Å². The molecule has 0 fully saturated rings. The van der Waals surface area contributed by atoms with Gasteiger partial charge in [-0.3, -0.25) is 4.79 Å². The largest absolute Gasteiger partial charge is 0.308 e. The van der Waals surface area contributed by atoms with Gasteiger partial charge in [-0.05, 0) is 36.4 Å². The summed E-state index contributed by atoms with van der Waals surface area (Å²) in [6.45, 7) is 4.09. The van der Waals surface area contributed by atoms with Crippen molar-refractivity contribution < 1.29 is 9.18 Å². The predicted molar refractivity (Wildman–Crippen MR) is 64.3 cm³/mol. The molecule has 0 aromatic heterocycles. The van der Waals surface area contributed by atoms with Gasteiger partial charge in [-0.2, -0.15) is 0 Å². The highest BCUT2D eigenvalue weighted by molar-refractivity contribution is 7.99. The van der Waals surface area contributed by atoms with E-state index in [9.17, 15) is 9.18 Å². The Balaban J connectivity index is 2.46. The fourth-order valence-electron chi connectivity index (χ4n) is 1.69. The van der Waals surface area contributed by atoms with Gasteiger partial charge in [0.15, 0.2) is 0 Å². The molecule has 2 nitrogen and oxygen atoms in total. The van der Waals surface area contributed by atoms with E-state index >= 15 is 0 Å². The maximum absolute atomic E-state index is 13.2. The Kier molecular flexibility index (Phi) is 3.29. The summed E-state index contributed by atoms with van der Waals surface area (Å²) < 4.78 is 13.2. The lowest BCUT2D eigenvalue weighted by molar-refractivity contribution is -0.114. The smallest absolute Gasteiger partial charge is 0.250 e. The SMILES string of the molecule is C=CC(=O)N1CCCSc2ccc(F)cc21. The van der Waals surface area contributed by atoms with Gasteiger partial charge < -0.3 is 4.90 Å². The molecule has 4 heteroatoms. The monoisotopic (exact) mass is 237 g/mol. The molecule has 16 heavy (non-hydrogen) atoms. The summed E-state index contributed by atoms with van der Waals surface area (Å²) in [5.74, 6) is 0.456. The van der Waals surface area contributed by atoms with Crippen LogP contribution in [0.5, 0.6) is 0 Å². The molecule has 1 aromatic carbocycles. The summed E-state index contributed by atoms with van der Waals surface area (Å²) in [4.78, 5) is 14.2. The van der Waals surface area contributed by atoms with Crippen LogP contribution in [0.1, 0.15) is 6.42 Å². The summed E-state index contributed by atoms with van der Waals surface area (Å²) in [6, 6.07) is 4.56. The highest BCUT2D eigenvalue weighted by Gasteiger charge is 2.20. The minimum Gasteiger partial charge on any atom is -0.308 e. The molecule has 0 saturated heterocycles. The van der Waals surface area contributed by atoms with Gasteiger partial charge in [-0.15, -0.1) is 11.8 Å². The molecule has 84 valence electrons. The van der Waals surface area contributed by atoms with Crippen molar-refractivity contribution in [3.8, 4) is 0 Å². The first-order valence-electron chi connectivity index (χ1n) is 5.08. The molecule has 1 aromatic rings. The zero-order chi connectivity index (χ0) is 11.5. The Hall–Kier alpha value is -1.29. The maximum Gasteiger partial charge on any atom is 0.250 e. The van der Waals surface area contributed by atoms with Gasteiger partial charge in [0.25, 0.3) is 0 Å². The summed E-state index contributed by atoms with van der Waals surface area (Å²) in [6.07, 6.45) is 2.17. The minimum absolute atomic E-state index is 0.172.